The van der Waals surface area contributed by atoms with Crippen molar-refractivity contribution in [1.82, 2.24) is 35.3 Å². The lowest BCUT2D eigenvalue weighted by Gasteiger charge is -2.67. The third kappa shape index (κ3) is 13.4. The Morgan fingerprint density at radius 3 is 2.12 bits per heavy atom. The molecule has 3 aliphatic carbocycles. The van der Waals surface area contributed by atoms with Gasteiger partial charge in [0.2, 0.25) is 17.8 Å². The highest BCUT2D eigenvalue weighted by atomic mass is 16.6. The van der Waals surface area contributed by atoms with Gasteiger partial charge in [-0.25, -0.2) is 19.4 Å². The monoisotopic (exact) mass is 1340 g/mol. The van der Waals surface area contributed by atoms with Crippen molar-refractivity contribution >= 4 is 53.4 Å². The molecule has 0 spiro atoms. The van der Waals surface area contributed by atoms with E-state index in [1.165, 1.54) is 56.7 Å². The van der Waals surface area contributed by atoms with Crippen LogP contribution in [0.1, 0.15) is 146 Å². The van der Waals surface area contributed by atoms with Gasteiger partial charge in [0.05, 0.1) is 53.5 Å². The second-order valence-electron chi connectivity index (χ2n) is 27.4. The van der Waals surface area contributed by atoms with Gasteiger partial charge in [0.25, 0.3) is 5.91 Å². The van der Waals surface area contributed by atoms with Crippen LogP contribution in [0.25, 0.3) is 17.1 Å². The first kappa shape index (κ1) is 70.5. The standard InChI is InChI=1S/C70H84N8O19/c1-12-71-62(87)61-75-74-60(44-31-43(37(2)3)45(80)32-46(44)81)78(61)42-23-24-50(72-35-42)76-27-29-77(30-28-76)51(83)25-26-52(84)94-56(54(40-19-15-13-16-20-40)73-65(90)97-66(6,7)8)64(89)93-47-34-70(91)59(95-63(88)41-21-17-14-18-22-41)57-68(11,58(86)55(85)53(38(47)4)67(70,9)10)48(82)33-49-69(57,36-92-49)96-39(5)79/h13-24,31-32,35,37,47-49,54-57,59,80-82,85,91H,12,25-30,33-34,36H2,1-11H3,(H,71,87)(H,73,90)/t47-,48-,49+,54-,55+,56+,57?,59-,68+,69-,70?/m0/s1. The number of aromatic hydroxyl groups is 2. The number of alkyl carbamates (subject to hydrolysis) is 1. The van der Waals surface area contributed by atoms with Crippen LogP contribution in [0, 0.1) is 16.7 Å². The predicted octanol–water partition coefficient (Wildman–Crippen LogP) is 5.87. The zero-order valence-electron chi connectivity index (χ0n) is 56.1. The molecule has 0 radical (unpaired) electrons. The Morgan fingerprint density at radius 1 is 0.856 bits per heavy atom. The smallest absolute Gasteiger partial charge is 0.408 e. The van der Waals surface area contributed by atoms with E-state index in [1.807, 2.05) is 18.7 Å². The van der Waals surface area contributed by atoms with E-state index in [-0.39, 0.29) is 83.0 Å². The summed E-state index contributed by atoms with van der Waals surface area (Å²) in [4.78, 5) is 122. The fourth-order valence-electron chi connectivity index (χ4n) is 14.4. The van der Waals surface area contributed by atoms with Gasteiger partial charge in [0, 0.05) is 70.4 Å². The Balaban J connectivity index is 0.913. The molecule has 7 N–H and O–H groups in total. The van der Waals surface area contributed by atoms with E-state index in [4.69, 9.17) is 33.4 Å². The molecule has 2 saturated carbocycles. The van der Waals surface area contributed by atoms with Gasteiger partial charge in [-0.05, 0) is 100 Å². The predicted molar refractivity (Wildman–Crippen MR) is 346 cm³/mol. The highest BCUT2D eigenvalue weighted by Gasteiger charge is 2.78. The van der Waals surface area contributed by atoms with Gasteiger partial charge in [-0.2, -0.15) is 0 Å². The molecule has 518 valence electrons. The van der Waals surface area contributed by atoms with Crippen molar-refractivity contribution in [3.05, 3.63) is 125 Å². The molecule has 27 heteroatoms. The molecule has 4 heterocycles. The molecule has 2 unspecified atom stereocenters. The number of piperazine rings is 1. The van der Waals surface area contributed by atoms with Gasteiger partial charge in [-0.1, -0.05) is 76.2 Å². The van der Waals surface area contributed by atoms with Gasteiger partial charge >= 0.3 is 30.0 Å². The average molecular weight is 1340 g/mol. The summed E-state index contributed by atoms with van der Waals surface area (Å²) >= 11 is 0. The van der Waals surface area contributed by atoms with Crippen molar-refractivity contribution in [3.8, 4) is 28.6 Å². The largest absolute Gasteiger partial charge is 0.508 e. The normalized spacial score (nSPS) is 25.7. The highest BCUT2D eigenvalue weighted by molar-refractivity contribution is 5.95. The SMILES string of the molecule is CCNC(=O)c1nnc(-c2cc(C(C)C)c(O)cc2O)n1-c1ccc(N2CCN(C(=O)CCC(=O)O[C@@H](C(=O)O[C@H]3CC4(O)[C@@H](OC(=O)c5ccccc5)C5[C@](C)(C(=O)[C@H](O)C(=C3C)C4(C)C)[C@@H](O)C[C@H]3OC[C@@]53OC(C)=O)[C@@H](NC(=O)OC(C)(C)C)c3ccccc3)CC2)nc1. The van der Waals surface area contributed by atoms with Gasteiger partial charge in [0.15, 0.2) is 17.2 Å². The summed E-state index contributed by atoms with van der Waals surface area (Å²) in [5.41, 5.74) is -8.02. The number of aromatic nitrogens is 4. The number of ketones is 1. The Labute approximate surface area is 560 Å². The quantitative estimate of drug-likeness (QED) is 0.0306. The van der Waals surface area contributed by atoms with Crippen molar-refractivity contribution in [2.45, 2.75) is 167 Å². The highest BCUT2D eigenvalue weighted by Crippen LogP contribution is 2.64. The number of nitrogens with zero attached hydrogens (tertiary/aromatic N) is 6. The number of carbonyl (C=O) groups excluding carboxylic acids is 8. The van der Waals surface area contributed by atoms with E-state index < -0.39 is 143 Å². The maximum Gasteiger partial charge on any atom is 0.408 e. The van der Waals surface area contributed by atoms with Gasteiger partial charge < -0.3 is 74.4 Å². The van der Waals surface area contributed by atoms with E-state index in [0.29, 0.717) is 36.7 Å². The number of esters is 4. The summed E-state index contributed by atoms with van der Waals surface area (Å²) in [6.07, 6.45) is -11.9. The molecular formula is C70H84N8O19. The molecule has 2 aliphatic heterocycles. The molecule has 5 aliphatic rings. The number of aliphatic hydroxyl groups excluding tert-OH is 2. The number of benzene rings is 3. The number of amides is 3. The number of anilines is 1. The number of hydrogen-bond acceptors (Lipinski definition) is 23. The molecule has 27 nitrogen and oxygen atoms in total. The summed E-state index contributed by atoms with van der Waals surface area (Å²) in [7, 11) is 0. The van der Waals surface area contributed by atoms with Crippen LogP contribution in [0.2, 0.25) is 0 Å². The summed E-state index contributed by atoms with van der Waals surface area (Å²) in [5, 5.41) is 74.2. The molecule has 2 bridgehead atoms. The number of carbonyl (C=O) groups is 8. The van der Waals surface area contributed by atoms with Crippen molar-refractivity contribution in [3.63, 3.8) is 0 Å². The van der Waals surface area contributed by atoms with E-state index in [2.05, 4.69) is 20.8 Å². The third-order valence-electron chi connectivity index (χ3n) is 19.5. The fraction of sp³-hybridized carbons (Fsp3) is 0.500. The lowest BCUT2D eigenvalue weighted by Crippen LogP contribution is -2.81. The Bertz CT molecular complexity index is 3880. The summed E-state index contributed by atoms with van der Waals surface area (Å²) in [5.74, 6) is -7.73. The number of ether oxygens (including phenoxy) is 6. The molecule has 97 heavy (non-hydrogen) atoms. The zero-order chi connectivity index (χ0) is 70.4. The minimum Gasteiger partial charge on any atom is -0.508 e. The van der Waals surface area contributed by atoms with Crippen LogP contribution in [0.5, 0.6) is 11.5 Å². The van der Waals surface area contributed by atoms with E-state index >= 15 is 9.59 Å². The third-order valence-corrected chi connectivity index (χ3v) is 19.5. The van der Waals surface area contributed by atoms with Crippen molar-refractivity contribution < 1.29 is 92.3 Å². The molecule has 3 aromatic carbocycles. The number of rotatable bonds is 18. The van der Waals surface area contributed by atoms with Crippen molar-refractivity contribution in [2.75, 3.05) is 44.2 Å². The Hall–Kier alpha value is -9.31. The molecule has 11 atom stereocenters. The van der Waals surface area contributed by atoms with E-state index in [9.17, 15) is 54.3 Å². The number of fused-ring (bicyclic) bond motifs is 5. The van der Waals surface area contributed by atoms with Crippen LogP contribution in [0.3, 0.4) is 0 Å². The molecule has 3 amide bonds. The number of nitrogens with one attached hydrogen (secondary N) is 2. The first-order valence-corrected chi connectivity index (χ1v) is 32.4. The first-order chi connectivity index (χ1) is 45.8. The lowest BCUT2D eigenvalue weighted by molar-refractivity contribution is -0.346. The first-order valence-electron chi connectivity index (χ1n) is 32.4. The van der Waals surface area contributed by atoms with E-state index in [0.717, 1.165) is 6.92 Å². The maximum atomic E-state index is 15.5. The topological polar surface area (TPSA) is 367 Å². The Kier molecular flexibility index (Phi) is 19.8. The van der Waals surface area contributed by atoms with Crippen molar-refractivity contribution in [2.24, 2.45) is 16.7 Å². The van der Waals surface area contributed by atoms with Crippen LogP contribution < -0.4 is 15.5 Å². The number of Topliss-reactive ketones (excluding diaryl/α,β-unsaturated/α-hetero) is 1. The van der Waals surface area contributed by atoms with E-state index in [1.54, 1.807) is 99.3 Å². The minimum absolute atomic E-state index is 0.0204. The van der Waals surface area contributed by atoms with Crippen LogP contribution in [-0.4, -0.2) is 191 Å². The van der Waals surface area contributed by atoms with Crippen LogP contribution in [0.15, 0.2) is 102 Å². The van der Waals surface area contributed by atoms with Gasteiger partial charge in [-0.3, -0.25) is 28.5 Å². The zero-order valence-corrected chi connectivity index (χ0v) is 56.1. The van der Waals surface area contributed by atoms with Gasteiger partial charge in [0.1, 0.15) is 59.0 Å². The summed E-state index contributed by atoms with van der Waals surface area (Å²) in [6.45, 7) is 18.3. The number of phenolic OH excluding ortho intramolecular Hbond substituents is 2. The minimum atomic E-state index is -2.51. The summed E-state index contributed by atoms with van der Waals surface area (Å²) in [6, 6.07) is 20.4. The second kappa shape index (κ2) is 27.3. The van der Waals surface area contributed by atoms with Crippen LogP contribution >= 0.6 is 0 Å². The van der Waals surface area contributed by atoms with Gasteiger partial charge in [-0.15, -0.1) is 10.2 Å². The lowest BCUT2D eigenvalue weighted by atomic mass is 9.44. The number of phenols is 2. The Morgan fingerprint density at radius 2 is 1.53 bits per heavy atom. The molecule has 5 aromatic rings. The number of pyridine rings is 1. The molecule has 4 fully saturated rings. The average Bonchev–Trinajstić information content (AvgIpc) is 1.63. The van der Waals surface area contributed by atoms with Crippen LogP contribution in [0.4, 0.5) is 10.6 Å². The molecular weight excluding hydrogens is 1260 g/mol. The summed E-state index contributed by atoms with van der Waals surface area (Å²) < 4.78 is 38.0. The molecule has 10 rings (SSSR count). The maximum absolute atomic E-state index is 15.5. The fourth-order valence-corrected chi connectivity index (χ4v) is 14.4. The van der Waals surface area contributed by atoms with Crippen molar-refractivity contribution in [1.29, 1.82) is 0 Å². The molecule has 2 saturated heterocycles. The number of aliphatic hydroxyl groups is 3. The molecule has 2 aromatic heterocycles. The number of hydrogen-bond donors (Lipinski definition) is 7. The second-order valence-corrected chi connectivity index (χ2v) is 27.4. The van der Waals surface area contributed by atoms with Crippen LogP contribution in [-0.2, 0) is 52.4 Å².